The Morgan fingerprint density at radius 1 is 1.54 bits per heavy atom. The minimum absolute atomic E-state index is 0.0507. The van der Waals surface area contributed by atoms with Crippen molar-refractivity contribution in [2.24, 2.45) is 5.73 Å². The third-order valence-corrected chi connectivity index (χ3v) is 2.86. The molecule has 0 saturated carbocycles. The highest BCUT2D eigenvalue weighted by Crippen LogP contribution is 2.41. The number of nitrogens with two attached hydrogens (primary N) is 1. The van der Waals surface area contributed by atoms with E-state index in [1.165, 1.54) is 0 Å². The number of fused-ring (bicyclic) bond motifs is 1. The standard InChI is InChI=1S/C9H10BrNO2/c10-5-1-2-7(12)9-8(5)6(11)3-4-13-9/h1-2,6,12H,3-4,11H2/t6-/m0/s1. The summed E-state index contributed by atoms with van der Waals surface area (Å²) >= 11 is 3.39. The first-order valence-electron chi connectivity index (χ1n) is 4.10. The summed E-state index contributed by atoms with van der Waals surface area (Å²) in [6.07, 6.45) is 0.787. The molecule has 4 heteroatoms. The van der Waals surface area contributed by atoms with Crippen LogP contribution in [0.4, 0.5) is 0 Å². The average Bonchev–Trinajstić information content (AvgIpc) is 2.12. The first-order chi connectivity index (χ1) is 6.20. The number of phenols is 1. The first kappa shape index (κ1) is 8.84. The van der Waals surface area contributed by atoms with Crippen LogP contribution in [0.2, 0.25) is 0 Å². The summed E-state index contributed by atoms with van der Waals surface area (Å²) in [5, 5.41) is 9.50. The molecule has 0 bridgehead atoms. The molecule has 1 aromatic carbocycles. The Balaban J connectivity index is 2.60. The number of benzene rings is 1. The maximum atomic E-state index is 9.50. The van der Waals surface area contributed by atoms with E-state index in [0.717, 1.165) is 16.5 Å². The summed E-state index contributed by atoms with van der Waals surface area (Å²) in [4.78, 5) is 0. The number of halogens is 1. The van der Waals surface area contributed by atoms with Crippen LogP contribution in [-0.4, -0.2) is 11.7 Å². The van der Waals surface area contributed by atoms with Crippen LogP contribution in [0.3, 0.4) is 0 Å². The predicted octanol–water partition coefficient (Wildman–Crippen LogP) is 1.94. The number of phenolic OH excluding ortho intramolecular Hbond substituents is 1. The van der Waals surface area contributed by atoms with Gasteiger partial charge >= 0.3 is 0 Å². The predicted molar refractivity (Wildman–Crippen MR) is 52.8 cm³/mol. The topological polar surface area (TPSA) is 55.5 Å². The maximum Gasteiger partial charge on any atom is 0.166 e. The van der Waals surface area contributed by atoms with E-state index in [0.29, 0.717) is 12.4 Å². The summed E-state index contributed by atoms with van der Waals surface area (Å²) in [7, 11) is 0. The maximum absolute atomic E-state index is 9.50. The molecule has 0 amide bonds. The number of aromatic hydroxyl groups is 1. The Bertz CT molecular complexity index is 341. The third-order valence-electron chi connectivity index (χ3n) is 2.17. The molecular formula is C9H10BrNO2. The third kappa shape index (κ3) is 1.40. The van der Waals surface area contributed by atoms with Crippen LogP contribution >= 0.6 is 15.9 Å². The van der Waals surface area contributed by atoms with Gasteiger partial charge in [0.1, 0.15) is 0 Å². The van der Waals surface area contributed by atoms with Crippen LogP contribution in [-0.2, 0) is 0 Å². The molecule has 13 heavy (non-hydrogen) atoms. The molecule has 0 spiro atoms. The summed E-state index contributed by atoms with van der Waals surface area (Å²) in [6.45, 7) is 0.568. The van der Waals surface area contributed by atoms with Gasteiger partial charge in [-0.15, -0.1) is 0 Å². The molecule has 0 aromatic heterocycles. The zero-order valence-electron chi connectivity index (χ0n) is 6.96. The SMILES string of the molecule is N[C@H]1CCOc2c(O)ccc(Br)c21. The lowest BCUT2D eigenvalue weighted by Gasteiger charge is -2.24. The van der Waals surface area contributed by atoms with Crippen molar-refractivity contribution in [2.45, 2.75) is 12.5 Å². The van der Waals surface area contributed by atoms with E-state index in [4.69, 9.17) is 10.5 Å². The molecule has 0 fully saturated rings. The quantitative estimate of drug-likeness (QED) is 0.733. The van der Waals surface area contributed by atoms with Gasteiger partial charge in [0, 0.05) is 22.5 Å². The summed E-state index contributed by atoms with van der Waals surface area (Å²) in [5.74, 6) is 0.682. The van der Waals surface area contributed by atoms with Crippen LogP contribution in [0.5, 0.6) is 11.5 Å². The molecular weight excluding hydrogens is 234 g/mol. The highest BCUT2D eigenvalue weighted by Gasteiger charge is 2.23. The molecule has 0 aliphatic carbocycles. The summed E-state index contributed by atoms with van der Waals surface area (Å²) in [6, 6.07) is 3.33. The minimum Gasteiger partial charge on any atom is -0.504 e. The van der Waals surface area contributed by atoms with Gasteiger partial charge in [0.05, 0.1) is 6.61 Å². The van der Waals surface area contributed by atoms with Crippen molar-refractivity contribution in [3.8, 4) is 11.5 Å². The number of ether oxygens (including phenoxy) is 1. The summed E-state index contributed by atoms with van der Waals surface area (Å²) < 4.78 is 6.24. The van der Waals surface area contributed by atoms with Crippen LogP contribution in [0.25, 0.3) is 0 Å². The fourth-order valence-corrected chi connectivity index (χ4v) is 2.10. The van der Waals surface area contributed by atoms with Gasteiger partial charge in [-0.2, -0.15) is 0 Å². The van der Waals surface area contributed by atoms with Crippen LogP contribution in [0.15, 0.2) is 16.6 Å². The summed E-state index contributed by atoms with van der Waals surface area (Å²) in [5.41, 5.74) is 6.76. The Morgan fingerprint density at radius 2 is 2.31 bits per heavy atom. The largest absolute Gasteiger partial charge is 0.504 e. The first-order valence-corrected chi connectivity index (χ1v) is 4.89. The van der Waals surface area contributed by atoms with Crippen molar-refractivity contribution >= 4 is 15.9 Å². The molecule has 1 aromatic rings. The normalized spacial score (nSPS) is 20.6. The lowest BCUT2D eigenvalue weighted by atomic mass is 10.0. The van der Waals surface area contributed by atoms with Gasteiger partial charge in [-0.05, 0) is 12.1 Å². The van der Waals surface area contributed by atoms with Crippen LogP contribution in [0.1, 0.15) is 18.0 Å². The van der Waals surface area contributed by atoms with Gasteiger partial charge in [-0.25, -0.2) is 0 Å². The molecule has 1 aliphatic heterocycles. The Morgan fingerprint density at radius 3 is 3.00 bits per heavy atom. The highest BCUT2D eigenvalue weighted by molar-refractivity contribution is 9.10. The molecule has 3 N–H and O–H groups in total. The van der Waals surface area contributed by atoms with E-state index in [1.807, 2.05) is 0 Å². The van der Waals surface area contributed by atoms with Gasteiger partial charge in [0.15, 0.2) is 11.5 Å². The Kier molecular flexibility index (Phi) is 2.17. The highest BCUT2D eigenvalue weighted by atomic mass is 79.9. The van der Waals surface area contributed by atoms with Crippen molar-refractivity contribution in [3.05, 3.63) is 22.2 Å². The molecule has 70 valence electrons. The molecule has 1 heterocycles. The lowest BCUT2D eigenvalue weighted by Crippen LogP contribution is -2.21. The lowest BCUT2D eigenvalue weighted by molar-refractivity contribution is 0.255. The van der Waals surface area contributed by atoms with Crippen molar-refractivity contribution in [1.82, 2.24) is 0 Å². The van der Waals surface area contributed by atoms with Gasteiger partial charge in [0.2, 0.25) is 0 Å². The zero-order valence-corrected chi connectivity index (χ0v) is 8.54. The van der Waals surface area contributed by atoms with Gasteiger partial charge in [0.25, 0.3) is 0 Å². The average molecular weight is 244 g/mol. The smallest absolute Gasteiger partial charge is 0.166 e. The van der Waals surface area contributed by atoms with Gasteiger partial charge in [-0.3, -0.25) is 0 Å². The second-order valence-electron chi connectivity index (χ2n) is 3.05. The molecule has 0 saturated heterocycles. The Hall–Kier alpha value is -0.740. The van der Waals surface area contributed by atoms with Gasteiger partial charge < -0.3 is 15.6 Å². The van der Waals surface area contributed by atoms with Crippen LogP contribution < -0.4 is 10.5 Å². The monoisotopic (exact) mass is 243 g/mol. The minimum atomic E-state index is -0.0507. The number of rotatable bonds is 0. The molecule has 3 nitrogen and oxygen atoms in total. The molecule has 0 radical (unpaired) electrons. The van der Waals surface area contributed by atoms with Crippen molar-refractivity contribution < 1.29 is 9.84 Å². The molecule has 0 unspecified atom stereocenters. The Labute approximate surface area is 84.6 Å². The van der Waals surface area contributed by atoms with Crippen molar-refractivity contribution in [1.29, 1.82) is 0 Å². The number of hydrogen-bond acceptors (Lipinski definition) is 3. The van der Waals surface area contributed by atoms with Crippen molar-refractivity contribution in [2.75, 3.05) is 6.61 Å². The van der Waals surface area contributed by atoms with E-state index in [2.05, 4.69) is 15.9 Å². The second kappa shape index (κ2) is 3.20. The van der Waals surface area contributed by atoms with E-state index >= 15 is 0 Å². The second-order valence-corrected chi connectivity index (χ2v) is 3.91. The van der Waals surface area contributed by atoms with E-state index in [9.17, 15) is 5.11 Å². The molecule has 1 atom stereocenters. The van der Waals surface area contributed by atoms with E-state index < -0.39 is 0 Å². The van der Waals surface area contributed by atoms with E-state index in [1.54, 1.807) is 12.1 Å². The molecule has 2 rings (SSSR count). The van der Waals surface area contributed by atoms with Crippen molar-refractivity contribution in [3.63, 3.8) is 0 Å². The molecule has 1 aliphatic rings. The van der Waals surface area contributed by atoms with Gasteiger partial charge in [-0.1, -0.05) is 15.9 Å². The fourth-order valence-electron chi connectivity index (χ4n) is 1.49. The zero-order chi connectivity index (χ0) is 9.42. The fraction of sp³-hybridized carbons (Fsp3) is 0.333. The van der Waals surface area contributed by atoms with Crippen LogP contribution in [0, 0.1) is 0 Å². The van der Waals surface area contributed by atoms with E-state index in [-0.39, 0.29) is 11.8 Å². The number of hydrogen-bond donors (Lipinski definition) is 2.